The van der Waals surface area contributed by atoms with E-state index in [0.29, 0.717) is 0 Å². The van der Waals surface area contributed by atoms with Crippen LogP contribution in [0.5, 0.6) is 0 Å². The lowest BCUT2D eigenvalue weighted by Gasteiger charge is -2.30. The zero-order valence-corrected chi connectivity index (χ0v) is 17.8. The van der Waals surface area contributed by atoms with Crippen molar-refractivity contribution >= 4 is 12.1 Å². The number of fused-ring (bicyclic) bond motifs is 3. The third kappa shape index (κ3) is 4.71. The summed E-state index contributed by atoms with van der Waals surface area (Å²) in [5.74, 6) is -0.897. The van der Waals surface area contributed by atoms with Crippen molar-refractivity contribution in [1.29, 1.82) is 0 Å². The number of esters is 1. The van der Waals surface area contributed by atoms with E-state index in [1.165, 1.54) is 21.3 Å². The molecule has 1 amide bonds. The van der Waals surface area contributed by atoms with Crippen LogP contribution in [0, 0.1) is 0 Å². The van der Waals surface area contributed by atoms with Gasteiger partial charge in [-0.15, -0.1) is 0 Å². The summed E-state index contributed by atoms with van der Waals surface area (Å²) in [6.07, 6.45) is -1.58. The molecule has 0 fully saturated rings. The van der Waals surface area contributed by atoms with Gasteiger partial charge in [0.1, 0.15) is 6.61 Å². The quantitative estimate of drug-likeness (QED) is 0.483. The highest BCUT2D eigenvalue weighted by atomic mass is 16.7. The number of benzene rings is 2. The van der Waals surface area contributed by atoms with Gasteiger partial charge in [0, 0.05) is 20.1 Å². The second kappa shape index (κ2) is 10.4. The van der Waals surface area contributed by atoms with Crippen molar-refractivity contribution in [3.8, 4) is 11.1 Å². The number of hydrogen-bond donors (Lipinski definition) is 1. The fraction of sp³-hybridized carbons (Fsp3) is 0.391. The van der Waals surface area contributed by atoms with Crippen LogP contribution in [0.4, 0.5) is 4.79 Å². The minimum Gasteiger partial charge on any atom is -0.467 e. The van der Waals surface area contributed by atoms with Gasteiger partial charge in [-0.05, 0) is 22.3 Å². The Hall–Kier alpha value is -2.94. The topological polar surface area (TPSA) is 94.5 Å². The lowest BCUT2D eigenvalue weighted by Crippen LogP contribution is -2.51. The largest absolute Gasteiger partial charge is 0.467 e. The van der Waals surface area contributed by atoms with Crippen LogP contribution >= 0.6 is 0 Å². The molecule has 0 unspecified atom stereocenters. The van der Waals surface area contributed by atoms with Crippen LogP contribution in [0.25, 0.3) is 11.1 Å². The summed E-state index contributed by atoms with van der Waals surface area (Å²) in [4.78, 5) is 26.2. The van der Waals surface area contributed by atoms with Crippen molar-refractivity contribution in [2.45, 2.75) is 18.2 Å². The molecule has 8 heteroatoms. The molecule has 8 nitrogen and oxygen atoms in total. The standard InChI is InChI=1S/C23H27NO7/c1-28-21(29-2)12-24(20(13-25)22(26)30-3)23(27)31-14-19-17-10-6-4-8-15(17)16-9-5-7-11-18(16)19/h4-11,19-21,25H,12-14H2,1-3H3/t20-/m1/s1. The first kappa shape index (κ1) is 22.7. The maximum atomic E-state index is 13.0. The number of rotatable bonds is 9. The van der Waals surface area contributed by atoms with Crippen LogP contribution in [0.3, 0.4) is 0 Å². The maximum absolute atomic E-state index is 13.0. The molecule has 0 saturated carbocycles. The Morgan fingerprint density at radius 3 is 2.00 bits per heavy atom. The van der Waals surface area contributed by atoms with E-state index >= 15 is 0 Å². The minimum atomic E-state index is -1.24. The molecule has 2 aromatic rings. The number of hydrogen-bond acceptors (Lipinski definition) is 7. The minimum absolute atomic E-state index is 0.0767. The SMILES string of the molecule is COC(=O)[C@@H](CO)N(CC(OC)OC)C(=O)OCC1c2ccccc2-c2ccccc21. The van der Waals surface area contributed by atoms with Crippen LogP contribution in [-0.2, 0) is 23.7 Å². The van der Waals surface area contributed by atoms with Gasteiger partial charge in [-0.25, -0.2) is 9.59 Å². The summed E-state index contributed by atoms with van der Waals surface area (Å²) < 4.78 is 20.7. The lowest BCUT2D eigenvalue weighted by atomic mass is 9.98. The van der Waals surface area contributed by atoms with E-state index in [9.17, 15) is 14.7 Å². The molecule has 1 aliphatic carbocycles. The molecular weight excluding hydrogens is 402 g/mol. The number of nitrogens with zero attached hydrogens (tertiary/aromatic N) is 1. The monoisotopic (exact) mass is 429 g/mol. The molecule has 0 bridgehead atoms. The van der Waals surface area contributed by atoms with Crippen molar-refractivity contribution in [3.05, 3.63) is 59.7 Å². The fourth-order valence-electron chi connectivity index (χ4n) is 3.85. The number of carbonyl (C=O) groups is 2. The number of carbonyl (C=O) groups excluding carboxylic acids is 2. The Balaban J connectivity index is 1.81. The summed E-state index contributed by atoms with van der Waals surface area (Å²) in [6, 6.07) is 14.7. The highest BCUT2D eigenvalue weighted by Crippen LogP contribution is 2.44. The summed E-state index contributed by atoms with van der Waals surface area (Å²) in [6.45, 7) is -0.672. The predicted octanol–water partition coefficient (Wildman–Crippen LogP) is 2.39. The van der Waals surface area contributed by atoms with E-state index in [2.05, 4.69) is 0 Å². The van der Waals surface area contributed by atoms with Crippen LogP contribution in [-0.4, -0.2) is 75.5 Å². The van der Waals surface area contributed by atoms with Gasteiger partial charge in [-0.2, -0.15) is 0 Å². The Kier molecular flexibility index (Phi) is 7.62. The Morgan fingerprint density at radius 1 is 0.968 bits per heavy atom. The zero-order valence-electron chi connectivity index (χ0n) is 17.8. The first-order chi connectivity index (χ1) is 15.0. The molecule has 2 aromatic carbocycles. The first-order valence-corrected chi connectivity index (χ1v) is 9.91. The fourth-order valence-corrected chi connectivity index (χ4v) is 3.85. The van der Waals surface area contributed by atoms with Gasteiger partial charge in [0.15, 0.2) is 12.3 Å². The second-order valence-electron chi connectivity index (χ2n) is 7.08. The van der Waals surface area contributed by atoms with Gasteiger partial charge in [0.05, 0.1) is 20.3 Å². The van der Waals surface area contributed by atoms with E-state index in [1.54, 1.807) is 0 Å². The summed E-state index contributed by atoms with van der Waals surface area (Å²) in [7, 11) is 4.01. The van der Waals surface area contributed by atoms with Crippen LogP contribution in [0.1, 0.15) is 17.0 Å². The molecule has 1 atom stereocenters. The molecule has 0 radical (unpaired) electrons. The summed E-state index contributed by atoms with van der Waals surface area (Å²) in [5.41, 5.74) is 4.36. The Morgan fingerprint density at radius 2 is 1.52 bits per heavy atom. The van der Waals surface area contributed by atoms with Crippen molar-refractivity contribution in [2.75, 3.05) is 41.1 Å². The molecule has 0 aliphatic heterocycles. The van der Waals surface area contributed by atoms with E-state index in [-0.39, 0.29) is 19.1 Å². The Labute approximate surface area is 181 Å². The number of aliphatic hydroxyl groups is 1. The van der Waals surface area contributed by atoms with Crippen LogP contribution in [0.15, 0.2) is 48.5 Å². The molecule has 0 heterocycles. The molecule has 3 rings (SSSR count). The Bertz CT molecular complexity index is 867. The van der Waals surface area contributed by atoms with Crippen LogP contribution in [0.2, 0.25) is 0 Å². The van der Waals surface area contributed by atoms with Crippen molar-refractivity contribution in [3.63, 3.8) is 0 Å². The predicted molar refractivity (Wildman–Crippen MR) is 112 cm³/mol. The molecule has 1 N–H and O–H groups in total. The number of ether oxygens (including phenoxy) is 4. The van der Waals surface area contributed by atoms with E-state index in [1.807, 2.05) is 48.5 Å². The van der Waals surface area contributed by atoms with Gasteiger partial charge < -0.3 is 24.1 Å². The summed E-state index contributed by atoms with van der Waals surface area (Å²) >= 11 is 0. The average Bonchev–Trinajstić information content (AvgIpc) is 3.13. The van der Waals surface area contributed by atoms with Crippen molar-refractivity contribution in [2.24, 2.45) is 0 Å². The van der Waals surface area contributed by atoms with Gasteiger partial charge in [-0.3, -0.25) is 4.90 Å². The normalized spacial score (nSPS) is 13.5. The van der Waals surface area contributed by atoms with Crippen LogP contribution < -0.4 is 0 Å². The van der Waals surface area contributed by atoms with Gasteiger partial charge >= 0.3 is 12.1 Å². The zero-order chi connectivity index (χ0) is 22.4. The first-order valence-electron chi connectivity index (χ1n) is 9.91. The lowest BCUT2D eigenvalue weighted by molar-refractivity contribution is -0.153. The molecule has 0 saturated heterocycles. The smallest absolute Gasteiger partial charge is 0.410 e. The molecule has 1 aliphatic rings. The highest BCUT2D eigenvalue weighted by Gasteiger charge is 2.35. The van der Waals surface area contributed by atoms with Gasteiger partial charge in [0.25, 0.3) is 0 Å². The van der Waals surface area contributed by atoms with Crippen molar-refractivity contribution in [1.82, 2.24) is 4.90 Å². The van der Waals surface area contributed by atoms with E-state index < -0.39 is 31.0 Å². The molecular formula is C23H27NO7. The maximum Gasteiger partial charge on any atom is 0.410 e. The molecule has 0 aromatic heterocycles. The van der Waals surface area contributed by atoms with E-state index in [4.69, 9.17) is 18.9 Å². The summed E-state index contributed by atoms with van der Waals surface area (Å²) in [5, 5.41) is 9.71. The average molecular weight is 429 g/mol. The highest BCUT2D eigenvalue weighted by molar-refractivity contribution is 5.82. The third-order valence-electron chi connectivity index (χ3n) is 5.46. The molecule has 31 heavy (non-hydrogen) atoms. The molecule has 166 valence electrons. The number of methoxy groups -OCH3 is 3. The second-order valence-corrected chi connectivity index (χ2v) is 7.08. The number of amides is 1. The van der Waals surface area contributed by atoms with Crippen molar-refractivity contribution < 1.29 is 33.6 Å². The third-order valence-corrected chi connectivity index (χ3v) is 5.46. The van der Waals surface area contributed by atoms with Gasteiger partial charge in [0.2, 0.25) is 0 Å². The molecule has 0 spiro atoms. The number of aliphatic hydroxyl groups excluding tert-OH is 1. The van der Waals surface area contributed by atoms with Gasteiger partial charge in [-0.1, -0.05) is 48.5 Å². The van der Waals surface area contributed by atoms with E-state index in [0.717, 1.165) is 27.2 Å².